The first-order chi connectivity index (χ1) is 9.31. The van der Waals surface area contributed by atoms with E-state index in [0.29, 0.717) is 11.5 Å². The summed E-state index contributed by atoms with van der Waals surface area (Å²) in [5.74, 6) is 0. The molecule has 2 heteroatoms. The van der Waals surface area contributed by atoms with Gasteiger partial charge in [-0.15, -0.1) is 0 Å². The van der Waals surface area contributed by atoms with Crippen LogP contribution in [0, 0.1) is 5.41 Å². The van der Waals surface area contributed by atoms with Crippen molar-refractivity contribution in [1.29, 1.82) is 0 Å². The second kappa shape index (κ2) is 5.64. The van der Waals surface area contributed by atoms with E-state index in [4.69, 9.17) is 4.74 Å². The van der Waals surface area contributed by atoms with E-state index in [1.165, 1.54) is 45.1 Å². The van der Waals surface area contributed by atoms with Gasteiger partial charge in [-0.1, -0.05) is 24.3 Å². The van der Waals surface area contributed by atoms with Gasteiger partial charge in [0.15, 0.2) is 0 Å². The number of ether oxygens (including phenoxy) is 1. The third kappa shape index (κ3) is 3.18. The van der Waals surface area contributed by atoms with Crippen LogP contribution in [0.25, 0.3) is 0 Å². The van der Waals surface area contributed by atoms with Gasteiger partial charge >= 0.3 is 0 Å². The second-order valence-corrected chi connectivity index (χ2v) is 6.33. The molecule has 0 spiro atoms. The molecule has 1 unspecified atom stereocenters. The molecule has 1 aromatic rings. The summed E-state index contributed by atoms with van der Waals surface area (Å²) in [7, 11) is 1.81. The zero-order valence-corrected chi connectivity index (χ0v) is 12.0. The molecule has 0 heterocycles. The summed E-state index contributed by atoms with van der Waals surface area (Å²) in [6.45, 7) is 2.10. The number of aryl methyl sites for hydroxylation is 1. The Morgan fingerprint density at radius 2 is 2.05 bits per heavy atom. The summed E-state index contributed by atoms with van der Waals surface area (Å²) < 4.78 is 5.23. The molecule has 1 N–H and O–H groups in total. The lowest BCUT2D eigenvalue weighted by Gasteiger charge is -2.27. The SMILES string of the molecule is COCCC1(CNC2CCc3ccccc3C2)CC1. The van der Waals surface area contributed by atoms with Crippen LogP contribution in [0.1, 0.15) is 36.8 Å². The van der Waals surface area contributed by atoms with E-state index in [0.717, 1.165) is 6.61 Å². The molecule has 0 amide bonds. The zero-order valence-electron chi connectivity index (χ0n) is 12.0. The van der Waals surface area contributed by atoms with Gasteiger partial charge in [0.25, 0.3) is 0 Å². The monoisotopic (exact) mass is 259 g/mol. The van der Waals surface area contributed by atoms with Gasteiger partial charge in [-0.25, -0.2) is 0 Å². The highest BCUT2D eigenvalue weighted by molar-refractivity contribution is 5.30. The maximum absolute atomic E-state index is 5.23. The van der Waals surface area contributed by atoms with Crippen LogP contribution in [0.2, 0.25) is 0 Å². The Hall–Kier alpha value is -0.860. The van der Waals surface area contributed by atoms with E-state index in [1.54, 1.807) is 11.1 Å². The Morgan fingerprint density at radius 3 is 2.79 bits per heavy atom. The Balaban J connectivity index is 1.50. The number of methoxy groups -OCH3 is 1. The maximum Gasteiger partial charge on any atom is 0.0468 e. The number of benzene rings is 1. The van der Waals surface area contributed by atoms with Gasteiger partial charge in [0, 0.05) is 26.3 Å². The van der Waals surface area contributed by atoms with Crippen molar-refractivity contribution in [2.75, 3.05) is 20.3 Å². The summed E-state index contributed by atoms with van der Waals surface area (Å²) >= 11 is 0. The predicted molar refractivity (Wildman–Crippen MR) is 78.4 cm³/mol. The summed E-state index contributed by atoms with van der Waals surface area (Å²) in [6, 6.07) is 9.58. The molecule has 0 aliphatic heterocycles. The lowest BCUT2D eigenvalue weighted by molar-refractivity contribution is 0.170. The Morgan fingerprint density at radius 1 is 1.26 bits per heavy atom. The predicted octanol–water partition coefficient (Wildman–Crippen LogP) is 2.95. The smallest absolute Gasteiger partial charge is 0.0468 e. The molecule has 0 bridgehead atoms. The van der Waals surface area contributed by atoms with Crippen molar-refractivity contribution in [2.45, 2.75) is 44.6 Å². The van der Waals surface area contributed by atoms with E-state index in [-0.39, 0.29) is 0 Å². The number of hydrogen-bond donors (Lipinski definition) is 1. The number of rotatable bonds is 6. The third-order valence-electron chi connectivity index (χ3n) is 4.91. The van der Waals surface area contributed by atoms with Crippen LogP contribution in [0.5, 0.6) is 0 Å². The molecule has 1 atom stereocenters. The number of hydrogen-bond acceptors (Lipinski definition) is 2. The van der Waals surface area contributed by atoms with Gasteiger partial charge < -0.3 is 10.1 Å². The van der Waals surface area contributed by atoms with Crippen LogP contribution in [0.4, 0.5) is 0 Å². The highest BCUT2D eigenvalue weighted by Crippen LogP contribution is 2.48. The van der Waals surface area contributed by atoms with Crippen LogP contribution in [0.3, 0.4) is 0 Å². The van der Waals surface area contributed by atoms with E-state index in [9.17, 15) is 0 Å². The van der Waals surface area contributed by atoms with Crippen molar-refractivity contribution in [2.24, 2.45) is 5.41 Å². The van der Waals surface area contributed by atoms with Crippen LogP contribution in [-0.4, -0.2) is 26.3 Å². The fourth-order valence-electron chi connectivity index (χ4n) is 3.24. The van der Waals surface area contributed by atoms with E-state index in [2.05, 4.69) is 29.6 Å². The van der Waals surface area contributed by atoms with Gasteiger partial charge in [-0.2, -0.15) is 0 Å². The largest absolute Gasteiger partial charge is 0.385 e. The van der Waals surface area contributed by atoms with Crippen LogP contribution >= 0.6 is 0 Å². The standard InChI is InChI=1S/C17H25NO/c1-19-11-10-17(8-9-17)13-18-16-7-6-14-4-2-3-5-15(14)12-16/h2-5,16,18H,6-13H2,1H3. The molecular formula is C17H25NO. The molecule has 3 rings (SSSR count). The highest BCUT2D eigenvalue weighted by atomic mass is 16.5. The third-order valence-corrected chi connectivity index (χ3v) is 4.91. The molecule has 104 valence electrons. The van der Waals surface area contributed by atoms with Crippen molar-refractivity contribution in [3.8, 4) is 0 Å². The van der Waals surface area contributed by atoms with Gasteiger partial charge in [0.05, 0.1) is 0 Å². The minimum atomic E-state index is 0.562. The second-order valence-electron chi connectivity index (χ2n) is 6.33. The van der Waals surface area contributed by atoms with Crippen molar-refractivity contribution in [1.82, 2.24) is 5.32 Å². The first-order valence-electron chi connectivity index (χ1n) is 7.60. The van der Waals surface area contributed by atoms with Crippen molar-refractivity contribution >= 4 is 0 Å². The molecule has 19 heavy (non-hydrogen) atoms. The van der Waals surface area contributed by atoms with Gasteiger partial charge in [0.1, 0.15) is 0 Å². The first-order valence-corrected chi connectivity index (χ1v) is 7.60. The van der Waals surface area contributed by atoms with Crippen molar-refractivity contribution in [3.63, 3.8) is 0 Å². The molecule has 1 fully saturated rings. The van der Waals surface area contributed by atoms with E-state index < -0.39 is 0 Å². The van der Waals surface area contributed by atoms with E-state index >= 15 is 0 Å². The summed E-state index contributed by atoms with van der Waals surface area (Å²) in [5, 5.41) is 3.82. The Labute approximate surface area is 116 Å². The average molecular weight is 259 g/mol. The summed E-state index contributed by atoms with van der Waals surface area (Å²) in [5.41, 5.74) is 3.67. The zero-order chi connectivity index (χ0) is 13.1. The van der Waals surface area contributed by atoms with Crippen molar-refractivity contribution < 1.29 is 4.74 Å². The molecule has 0 saturated heterocycles. The molecule has 2 nitrogen and oxygen atoms in total. The molecule has 1 aromatic carbocycles. The van der Waals surface area contributed by atoms with E-state index in [1.807, 2.05) is 7.11 Å². The lowest BCUT2D eigenvalue weighted by atomic mass is 9.88. The Bertz CT molecular complexity index is 425. The van der Waals surface area contributed by atoms with Crippen LogP contribution in [0.15, 0.2) is 24.3 Å². The van der Waals surface area contributed by atoms with Crippen molar-refractivity contribution in [3.05, 3.63) is 35.4 Å². The molecule has 1 saturated carbocycles. The number of nitrogens with one attached hydrogen (secondary N) is 1. The fraction of sp³-hybridized carbons (Fsp3) is 0.647. The minimum Gasteiger partial charge on any atom is -0.385 e. The normalized spacial score (nSPS) is 23.9. The fourth-order valence-corrected chi connectivity index (χ4v) is 3.24. The Kier molecular flexibility index (Phi) is 3.90. The topological polar surface area (TPSA) is 21.3 Å². The molecule has 0 radical (unpaired) electrons. The maximum atomic E-state index is 5.23. The van der Waals surface area contributed by atoms with Crippen LogP contribution < -0.4 is 5.32 Å². The van der Waals surface area contributed by atoms with Gasteiger partial charge in [-0.3, -0.25) is 0 Å². The summed E-state index contributed by atoms with van der Waals surface area (Å²) in [4.78, 5) is 0. The summed E-state index contributed by atoms with van der Waals surface area (Å²) in [6.07, 6.45) is 7.71. The highest BCUT2D eigenvalue weighted by Gasteiger charge is 2.42. The quantitative estimate of drug-likeness (QED) is 0.848. The minimum absolute atomic E-state index is 0.562. The molecule has 0 aromatic heterocycles. The van der Waals surface area contributed by atoms with Crippen LogP contribution in [-0.2, 0) is 17.6 Å². The van der Waals surface area contributed by atoms with Gasteiger partial charge in [-0.05, 0) is 55.1 Å². The molecule has 2 aliphatic rings. The lowest BCUT2D eigenvalue weighted by Crippen LogP contribution is -2.38. The molecular weight excluding hydrogens is 234 g/mol. The van der Waals surface area contributed by atoms with Gasteiger partial charge in [0.2, 0.25) is 0 Å². The first kappa shape index (κ1) is 13.1. The average Bonchev–Trinajstić information content (AvgIpc) is 3.23. The number of fused-ring (bicyclic) bond motifs is 1. The molecule has 2 aliphatic carbocycles.